The van der Waals surface area contributed by atoms with E-state index in [9.17, 15) is 4.79 Å². The predicted molar refractivity (Wildman–Crippen MR) is 141 cm³/mol. The number of hydrogen-bond acceptors (Lipinski definition) is 6. The maximum absolute atomic E-state index is 12.4. The Morgan fingerprint density at radius 2 is 1.59 bits per heavy atom. The van der Waals surface area contributed by atoms with Crippen LogP contribution in [0.15, 0.2) is 87.9 Å². The standard InChI is InChI=1S/C26H25N5OS2/c1-18-4-10-21(11-5-18)25-29-30-26(31(25)22-12-6-19(2)7-13-22)34-17-24(32)28-27-16-20-8-14-23(33-3)15-9-20/h4-16H,17H2,1-3H3,(H,28,32)/b27-16+. The molecule has 0 aliphatic rings. The highest BCUT2D eigenvalue weighted by Gasteiger charge is 2.17. The van der Waals surface area contributed by atoms with Crippen molar-refractivity contribution in [2.45, 2.75) is 23.9 Å². The van der Waals surface area contributed by atoms with Gasteiger partial charge in [-0.1, -0.05) is 71.4 Å². The summed E-state index contributed by atoms with van der Waals surface area (Å²) in [7, 11) is 0. The second-order valence-electron chi connectivity index (χ2n) is 7.70. The Balaban J connectivity index is 1.48. The molecule has 1 aromatic heterocycles. The summed E-state index contributed by atoms with van der Waals surface area (Å²) in [5.41, 5.74) is 7.77. The van der Waals surface area contributed by atoms with E-state index in [0.717, 1.165) is 22.6 Å². The van der Waals surface area contributed by atoms with Crippen molar-refractivity contribution in [1.82, 2.24) is 20.2 Å². The van der Waals surface area contributed by atoms with Gasteiger partial charge in [0.15, 0.2) is 11.0 Å². The first-order valence-electron chi connectivity index (χ1n) is 10.7. The van der Waals surface area contributed by atoms with Crippen LogP contribution in [0.2, 0.25) is 0 Å². The Labute approximate surface area is 207 Å². The number of thioether (sulfide) groups is 2. The highest BCUT2D eigenvalue weighted by molar-refractivity contribution is 7.99. The van der Waals surface area contributed by atoms with E-state index < -0.39 is 0 Å². The third kappa shape index (κ3) is 5.95. The van der Waals surface area contributed by atoms with Crippen molar-refractivity contribution in [3.8, 4) is 17.1 Å². The first-order valence-corrected chi connectivity index (χ1v) is 12.9. The fraction of sp³-hybridized carbons (Fsp3) is 0.154. The lowest BCUT2D eigenvalue weighted by atomic mass is 10.1. The summed E-state index contributed by atoms with van der Waals surface area (Å²) in [6.45, 7) is 4.10. The van der Waals surface area contributed by atoms with Crippen molar-refractivity contribution in [1.29, 1.82) is 0 Å². The highest BCUT2D eigenvalue weighted by atomic mass is 32.2. The maximum Gasteiger partial charge on any atom is 0.250 e. The lowest BCUT2D eigenvalue weighted by Crippen LogP contribution is -2.20. The molecule has 3 aromatic carbocycles. The lowest BCUT2D eigenvalue weighted by molar-refractivity contribution is -0.118. The van der Waals surface area contributed by atoms with Crippen LogP contribution in [0.1, 0.15) is 16.7 Å². The number of hydrazone groups is 1. The molecule has 0 unspecified atom stereocenters. The van der Waals surface area contributed by atoms with Crippen LogP contribution in [-0.4, -0.2) is 38.9 Å². The molecular formula is C26H25N5OS2. The summed E-state index contributed by atoms with van der Waals surface area (Å²) in [5.74, 6) is 0.691. The van der Waals surface area contributed by atoms with Crippen molar-refractivity contribution in [3.63, 3.8) is 0 Å². The molecule has 0 aliphatic heterocycles. The molecule has 34 heavy (non-hydrogen) atoms. The molecule has 1 N–H and O–H groups in total. The van der Waals surface area contributed by atoms with Gasteiger partial charge in [0.25, 0.3) is 5.91 Å². The molecular weight excluding hydrogens is 462 g/mol. The number of carbonyl (C=O) groups is 1. The van der Waals surface area contributed by atoms with Crippen LogP contribution in [0.5, 0.6) is 0 Å². The summed E-state index contributed by atoms with van der Waals surface area (Å²) in [5, 5.41) is 13.5. The van der Waals surface area contributed by atoms with Gasteiger partial charge in [-0.2, -0.15) is 5.10 Å². The average Bonchev–Trinajstić information content (AvgIpc) is 3.28. The normalized spacial score (nSPS) is 11.1. The predicted octanol–water partition coefficient (Wildman–Crippen LogP) is 5.52. The molecule has 4 rings (SSSR count). The molecule has 4 aromatic rings. The van der Waals surface area contributed by atoms with Crippen LogP contribution in [-0.2, 0) is 4.79 Å². The lowest BCUT2D eigenvalue weighted by Gasteiger charge is -2.11. The Hall–Kier alpha value is -3.36. The number of nitrogens with one attached hydrogen (secondary N) is 1. The minimum atomic E-state index is -0.211. The Morgan fingerprint density at radius 3 is 2.24 bits per heavy atom. The molecule has 0 radical (unpaired) electrons. The average molecular weight is 488 g/mol. The van der Waals surface area contributed by atoms with E-state index in [1.807, 2.05) is 59.4 Å². The molecule has 0 saturated heterocycles. The van der Waals surface area contributed by atoms with Crippen LogP contribution in [0.4, 0.5) is 0 Å². The van der Waals surface area contributed by atoms with Gasteiger partial charge >= 0.3 is 0 Å². The van der Waals surface area contributed by atoms with Gasteiger partial charge < -0.3 is 0 Å². The number of amides is 1. The van der Waals surface area contributed by atoms with Crippen LogP contribution >= 0.6 is 23.5 Å². The Bertz CT molecular complexity index is 1280. The first kappa shape index (κ1) is 23.8. The van der Waals surface area contributed by atoms with Crippen molar-refractivity contribution < 1.29 is 4.79 Å². The van der Waals surface area contributed by atoms with E-state index in [4.69, 9.17) is 0 Å². The fourth-order valence-corrected chi connectivity index (χ4v) is 4.36. The van der Waals surface area contributed by atoms with Gasteiger partial charge in [-0.25, -0.2) is 5.43 Å². The van der Waals surface area contributed by atoms with Crippen LogP contribution in [0.25, 0.3) is 17.1 Å². The Morgan fingerprint density at radius 1 is 0.941 bits per heavy atom. The number of aryl methyl sites for hydroxylation is 2. The Kier molecular flexibility index (Phi) is 7.82. The number of aromatic nitrogens is 3. The summed E-state index contributed by atoms with van der Waals surface area (Å²) < 4.78 is 1.98. The van der Waals surface area contributed by atoms with Crippen molar-refractivity contribution >= 4 is 35.6 Å². The number of nitrogens with zero attached hydrogens (tertiary/aromatic N) is 4. The molecule has 0 atom stereocenters. The summed E-state index contributed by atoms with van der Waals surface area (Å²) in [4.78, 5) is 13.6. The number of benzene rings is 3. The monoisotopic (exact) mass is 487 g/mol. The first-order chi connectivity index (χ1) is 16.5. The number of carbonyl (C=O) groups excluding carboxylic acids is 1. The topological polar surface area (TPSA) is 72.2 Å². The molecule has 0 saturated carbocycles. The summed E-state index contributed by atoms with van der Waals surface area (Å²) >= 11 is 3.01. The van der Waals surface area contributed by atoms with Crippen LogP contribution < -0.4 is 5.43 Å². The van der Waals surface area contributed by atoms with Gasteiger partial charge in [-0.05, 0) is 49.9 Å². The molecule has 172 valence electrons. The number of hydrogen-bond donors (Lipinski definition) is 1. The molecule has 0 fully saturated rings. The molecule has 1 heterocycles. The zero-order valence-corrected chi connectivity index (χ0v) is 20.9. The molecule has 6 nitrogen and oxygen atoms in total. The molecule has 0 spiro atoms. The van der Waals surface area contributed by atoms with Gasteiger partial charge in [-0.3, -0.25) is 9.36 Å². The third-order valence-electron chi connectivity index (χ3n) is 5.09. The minimum Gasteiger partial charge on any atom is -0.272 e. The van der Waals surface area contributed by atoms with Crippen LogP contribution in [0.3, 0.4) is 0 Å². The SMILES string of the molecule is CSc1ccc(/C=N/NC(=O)CSc2nnc(-c3ccc(C)cc3)n2-c2ccc(C)cc2)cc1. The van der Waals surface area contributed by atoms with Gasteiger partial charge in [0, 0.05) is 16.1 Å². The van der Waals surface area contributed by atoms with Gasteiger partial charge in [0.1, 0.15) is 0 Å². The van der Waals surface area contributed by atoms with E-state index in [-0.39, 0.29) is 11.7 Å². The quantitative estimate of drug-likeness (QED) is 0.201. The second-order valence-corrected chi connectivity index (χ2v) is 9.52. The third-order valence-corrected chi connectivity index (χ3v) is 6.76. The molecule has 0 bridgehead atoms. The van der Waals surface area contributed by atoms with Gasteiger partial charge in [0.2, 0.25) is 0 Å². The minimum absolute atomic E-state index is 0.167. The molecule has 8 heteroatoms. The second kappa shape index (κ2) is 11.2. The zero-order valence-electron chi connectivity index (χ0n) is 19.2. The highest BCUT2D eigenvalue weighted by Crippen LogP contribution is 2.28. The van der Waals surface area contributed by atoms with E-state index in [1.165, 1.54) is 27.8 Å². The van der Waals surface area contributed by atoms with E-state index in [1.54, 1.807) is 18.0 Å². The zero-order chi connectivity index (χ0) is 23.9. The smallest absolute Gasteiger partial charge is 0.250 e. The largest absolute Gasteiger partial charge is 0.272 e. The van der Waals surface area contributed by atoms with Crippen LogP contribution in [0, 0.1) is 13.8 Å². The van der Waals surface area contributed by atoms with Crippen molar-refractivity contribution in [3.05, 3.63) is 89.5 Å². The van der Waals surface area contributed by atoms with Gasteiger partial charge in [0.05, 0.1) is 12.0 Å². The summed E-state index contributed by atoms with van der Waals surface area (Å²) in [6.07, 6.45) is 3.67. The van der Waals surface area contributed by atoms with Crippen molar-refractivity contribution in [2.75, 3.05) is 12.0 Å². The van der Waals surface area contributed by atoms with Crippen molar-refractivity contribution in [2.24, 2.45) is 5.10 Å². The molecule has 0 aliphatic carbocycles. The summed E-state index contributed by atoms with van der Waals surface area (Å²) in [6, 6.07) is 24.3. The van der Waals surface area contributed by atoms with E-state index in [0.29, 0.717) is 5.16 Å². The van der Waals surface area contributed by atoms with E-state index in [2.05, 4.69) is 58.8 Å². The van der Waals surface area contributed by atoms with Gasteiger partial charge in [-0.15, -0.1) is 22.0 Å². The number of rotatable bonds is 8. The molecule has 1 amide bonds. The fourth-order valence-electron chi connectivity index (χ4n) is 3.21. The van der Waals surface area contributed by atoms with E-state index >= 15 is 0 Å². The maximum atomic E-state index is 12.4.